The molecule has 0 aliphatic rings. The van der Waals surface area contributed by atoms with Crippen molar-refractivity contribution < 1.29 is 9.84 Å². The summed E-state index contributed by atoms with van der Waals surface area (Å²) in [7, 11) is 1.90. The predicted octanol–water partition coefficient (Wildman–Crippen LogP) is 0.686. The van der Waals surface area contributed by atoms with Gasteiger partial charge in [-0.15, -0.1) is 0 Å². The zero-order valence-corrected chi connectivity index (χ0v) is 11.1. The molecule has 0 spiro atoms. The third kappa shape index (κ3) is 5.81. The van der Waals surface area contributed by atoms with Gasteiger partial charge in [0.25, 0.3) is 0 Å². The molecule has 0 amide bonds. The Morgan fingerprint density at radius 1 is 1.53 bits per heavy atom. The lowest BCUT2D eigenvalue weighted by atomic mass is 10.2. The Hall–Kier alpha value is -0.910. The Morgan fingerprint density at radius 2 is 2.24 bits per heavy atom. The lowest BCUT2D eigenvalue weighted by Crippen LogP contribution is -2.33. The SMILES string of the molecule is Cn1nccc1CNCC(O)COC(C)(C)C. The number of aromatic nitrogens is 2. The van der Waals surface area contributed by atoms with E-state index < -0.39 is 6.10 Å². The highest BCUT2D eigenvalue weighted by atomic mass is 16.5. The third-order valence-corrected chi connectivity index (χ3v) is 2.32. The minimum Gasteiger partial charge on any atom is -0.389 e. The number of rotatable bonds is 6. The van der Waals surface area contributed by atoms with Crippen molar-refractivity contribution in [1.29, 1.82) is 0 Å². The molecular weight excluding hydrogens is 218 g/mol. The highest BCUT2D eigenvalue weighted by Crippen LogP contribution is 2.06. The number of hydrogen-bond donors (Lipinski definition) is 2. The van der Waals surface area contributed by atoms with Gasteiger partial charge in [0.15, 0.2) is 0 Å². The van der Waals surface area contributed by atoms with Crippen LogP contribution in [0, 0.1) is 0 Å². The Kier molecular flexibility index (Phi) is 5.11. The summed E-state index contributed by atoms with van der Waals surface area (Å²) >= 11 is 0. The van der Waals surface area contributed by atoms with Gasteiger partial charge >= 0.3 is 0 Å². The second-order valence-electron chi connectivity index (χ2n) is 5.15. The van der Waals surface area contributed by atoms with E-state index >= 15 is 0 Å². The van der Waals surface area contributed by atoms with Gasteiger partial charge in [-0.05, 0) is 26.8 Å². The number of hydrogen-bond acceptors (Lipinski definition) is 4. The second kappa shape index (κ2) is 6.14. The van der Waals surface area contributed by atoms with E-state index in [-0.39, 0.29) is 5.60 Å². The fraction of sp³-hybridized carbons (Fsp3) is 0.750. The summed E-state index contributed by atoms with van der Waals surface area (Å²) in [4.78, 5) is 0. The van der Waals surface area contributed by atoms with Crippen LogP contribution in [-0.2, 0) is 18.3 Å². The number of aliphatic hydroxyl groups is 1. The van der Waals surface area contributed by atoms with Crippen LogP contribution in [0.1, 0.15) is 26.5 Å². The molecule has 1 atom stereocenters. The molecule has 0 fully saturated rings. The molecule has 0 saturated heterocycles. The summed E-state index contributed by atoms with van der Waals surface area (Å²) in [5.41, 5.74) is 0.886. The van der Waals surface area contributed by atoms with Crippen molar-refractivity contribution in [3.05, 3.63) is 18.0 Å². The minimum absolute atomic E-state index is 0.205. The van der Waals surface area contributed by atoms with E-state index in [2.05, 4.69) is 10.4 Å². The van der Waals surface area contributed by atoms with E-state index in [0.717, 1.165) is 5.69 Å². The summed E-state index contributed by atoms with van der Waals surface area (Å²) in [5.74, 6) is 0. The molecule has 0 aliphatic heterocycles. The molecule has 1 unspecified atom stereocenters. The molecule has 1 heterocycles. The van der Waals surface area contributed by atoms with Crippen LogP contribution in [0.3, 0.4) is 0 Å². The molecule has 5 nitrogen and oxygen atoms in total. The molecule has 98 valence electrons. The van der Waals surface area contributed by atoms with Crippen molar-refractivity contribution in [2.45, 2.75) is 39.0 Å². The van der Waals surface area contributed by atoms with E-state index in [1.165, 1.54) is 0 Å². The summed E-state index contributed by atoms with van der Waals surface area (Å²) in [5, 5.41) is 16.9. The Balaban J connectivity index is 2.16. The normalized spacial score (nSPS) is 13.9. The van der Waals surface area contributed by atoms with Crippen LogP contribution >= 0.6 is 0 Å². The lowest BCUT2D eigenvalue weighted by Gasteiger charge is -2.22. The second-order valence-corrected chi connectivity index (χ2v) is 5.15. The van der Waals surface area contributed by atoms with E-state index in [1.54, 1.807) is 6.20 Å². The van der Waals surface area contributed by atoms with Crippen molar-refractivity contribution in [1.82, 2.24) is 15.1 Å². The summed E-state index contributed by atoms with van der Waals surface area (Å²) in [6, 6.07) is 1.95. The first-order valence-corrected chi connectivity index (χ1v) is 5.88. The van der Waals surface area contributed by atoms with Gasteiger partial charge in [-0.2, -0.15) is 5.10 Å². The number of aryl methyl sites for hydroxylation is 1. The third-order valence-electron chi connectivity index (χ3n) is 2.32. The van der Waals surface area contributed by atoms with Crippen LogP contribution in [0.15, 0.2) is 12.3 Å². The van der Waals surface area contributed by atoms with Crippen LogP contribution in [0.25, 0.3) is 0 Å². The number of ether oxygens (including phenoxy) is 1. The fourth-order valence-corrected chi connectivity index (χ4v) is 1.35. The van der Waals surface area contributed by atoms with Gasteiger partial charge < -0.3 is 15.2 Å². The van der Waals surface area contributed by atoms with Crippen LogP contribution < -0.4 is 5.32 Å². The molecule has 0 aromatic carbocycles. The average molecular weight is 241 g/mol. The maximum Gasteiger partial charge on any atom is 0.0898 e. The van der Waals surface area contributed by atoms with Gasteiger partial charge in [-0.3, -0.25) is 4.68 Å². The number of nitrogens with one attached hydrogen (secondary N) is 1. The van der Waals surface area contributed by atoms with Crippen molar-refractivity contribution >= 4 is 0 Å². The standard InChI is InChI=1S/C12H23N3O2/c1-12(2,3)17-9-11(16)8-13-7-10-5-6-14-15(10)4/h5-6,11,13,16H,7-9H2,1-4H3. The van der Waals surface area contributed by atoms with Gasteiger partial charge in [0, 0.05) is 26.3 Å². The maximum atomic E-state index is 9.70. The maximum absolute atomic E-state index is 9.70. The first-order valence-electron chi connectivity index (χ1n) is 5.88. The van der Waals surface area contributed by atoms with Crippen LogP contribution in [-0.4, -0.2) is 39.7 Å². The molecule has 1 rings (SSSR count). The van der Waals surface area contributed by atoms with Gasteiger partial charge in [0.2, 0.25) is 0 Å². The highest BCUT2D eigenvalue weighted by Gasteiger charge is 2.13. The fourth-order valence-electron chi connectivity index (χ4n) is 1.35. The van der Waals surface area contributed by atoms with Crippen LogP contribution in [0.4, 0.5) is 0 Å². The first kappa shape index (κ1) is 14.2. The Morgan fingerprint density at radius 3 is 2.76 bits per heavy atom. The molecule has 0 saturated carbocycles. The predicted molar refractivity (Wildman–Crippen MR) is 66.6 cm³/mol. The molecule has 1 aromatic rings. The lowest BCUT2D eigenvalue weighted by molar-refractivity contribution is -0.0479. The summed E-state index contributed by atoms with van der Waals surface area (Å²) in [6.45, 7) is 7.49. The van der Waals surface area contributed by atoms with Crippen molar-refractivity contribution in [3.63, 3.8) is 0 Å². The first-order chi connectivity index (χ1) is 7.88. The average Bonchev–Trinajstić information content (AvgIpc) is 2.61. The van der Waals surface area contributed by atoms with Gasteiger partial charge in [0.05, 0.1) is 24.0 Å². The van der Waals surface area contributed by atoms with Gasteiger partial charge in [0.1, 0.15) is 0 Å². The zero-order valence-electron chi connectivity index (χ0n) is 11.1. The van der Waals surface area contributed by atoms with E-state index in [0.29, 0.717) is 19.7 Å². The monoisotopic (exact) mass is 241 g/mol. The molecule has 0 aliphatic carbocycles. The zero-order chi connectivity index (χ0) is 12.9. The topological polar surface area (TPSA) is 59.3 Å². The van der Waals surface area contributed by atoms with E-state index in [9.17, 15) is 5.11 Å². The van der Waals surface area contributed by atoms with E-state index in [4.69, 9.17) is 4.74 Å². The quantitative estimate of drug-likeness (QED) is 0.769. The van der Waals surface area contributed by atoms with Crippen molar-refractivity contribution in [2.75, 3.05) is 13.2 Å². The molecule has 17 heavy (non-hydrogen) atoms. The van der Waals surface area contributed by atoms with Gasteiger partial charge in [-0.25, -0.2) is 0 Å². The Labute approximate surface area is 103 Å². The summed E-state index contributed by atoms with van der Waals surface area (Å²) < 4.78 is 7.31. The van der Waals surface area contributed by atoms with Crippen LogP contribution in [0.5, 0.6) is 0 Å². The molecular formula is C12H23N3O2. The van der Waals surface area contributed by atoms with Crippen molar-refractivity contribution in [3.8, 4) is 0 Å². The van der Waals surface area contributed by atoms with E-state index in [1.807, 2.05) is 38.6 Å². The van der Waals surface area contributed by atoms with Crippen molar-refractivity contribution in [2.24, 2.45) is 7.05 Å². The summed E-state index contributed by atoms with van der Waals surface area (Å²) in [6.07, 6.45) is 1.28. The smallest absolute Gasteiger partial charge is 0.0898 e. The van der Waals surface area contributed by atoms with Crippen LogP contribution in [0.2, 0.25) is 0 Å². The molecule has 0 bridgehead atoms. The number of nitrogens with zero attached hydrogens (tertiary/aromatic N) is 2. The molecule has 2 N–H and O–H groups in total. The van der Waals surface area contributed by atoms with Gasteiger partial charge in [-0.1, -0.05) is 0 Å². The largest absolute Gasteiger partial charge is 0.389 e. The highest BCUT2D eigenvalue weighted by molar-refractivity contribution is 4.99. The Bertz CT molecular complexity index is 331. The minimum atomic E-state index is -0.484. The number of aliphatic hydroxyl groups excluding tert-OH is 1. The molecule has 5 heteroatoms. The molecule has 0 radical (unpaired) electrons. The molecule has 1 aromatic heterocycles.